The second-order valence-electron chi connectivity index (χ2n) is 6.91. The number of aliphatic hydroxyl groups excluding tert-OH is 1. The first-order chi connectivity index (χ1) is 14.9. The van der Waals surface area contributed by atoms with Gasteiger partial charge in [-0.3, -0.25) is 14.7 Å². The predicted octanol–water partition coefficient (Wildman–Crippen LogP) is 4.47. The number of aliphatic hydroxyl groups is 1. The Hall–Kier alpha value is -2.61. The number of aldehydes is 1. The monoisotopic (exact) mass is 458 g/mol. The first-order valence-corrected chi connectivity index (χ1v) is 11.0. The molecule has 162 valence electrons. The van der Waals surface area contributed by atoms with Gasteiger partial charge < -0.3 is 14.6 Å². The summed E-state index contributed by atoms with van der Waals surface area (Å²) in [5.74, 6) is 0.210. The molecule has 2 aromatic carbocycles. The molecule has 1 atom stereocenters. The fraction of sp³-hybridized carbons (Fsp3) is 0.261. The molecule has 1 amide bonds. The Bertz CT molecular complexity index is 1040. The van der Waals surface area contributed by atoms with Crippen molar-refractivity contribution in [3.63, 3.8) is 0 Å². The first kappa shape index (κ1) is 23.1. The zero-order valence-electron chi connectivity index (χ0n) is 17.2. The van der Waals surface area contributed by atoms with Gasteiger partial charge in [0.1, 0.15) is 18.5 Å². The third kappa shape index (κ3) is 5.55. The summed E-state index contributed by atoms with van der Waals surface area (Å²) in [5, 5.41) is 10.3. The number of hydrogen-bond donors (Lipinski definition) is 1. The molecular weight excluding hydrogens is 436 g/mol. The number of aliphatic imine (C=N–C) groups is 1. The highest BCUT2D eigenvalue weighted by Crippen LogP contribution is 2.38. The summed E-state index contributed by atoms with van der Waals surface area (Å²) in [6.45, 7) is 4.46. The maximum absolute atomic E-state index is 13.2. The number of carbonyl (C=O) groups excluding carboxylic acids is 2. The number of benzene rings is 2. The summed E-state index contributed by atoms with van der Waals surface area (Å²) in [4.78, 5) is 30.6. The van der Waals surface area contributed by atoms with Gasteiger partial charge in [0.05, 0.1) is 15.6 Å². The Labute approximate surface area is 190 Å². The maximum Gasteiger partial charge on any atom is 0.271 e. The van der Waals surface area contributed by atoms with E-state index in [1.807, 2.05) is 38.1 Å². The number of amidine groups is 1. The normalized spacial score (nSPS) is 17.4. The van der Waals surface area contributed by atoms with Crippen LogP contribution in [0.5, 0.6) is 5.75 Å². The highest BCUT2D eigenvalue weighted by Gasteiger charge is 2.35. The van der Waals surface area contributed by atoms with Crippen molar-refractivity contribution in [1.82, 2.24) is 0 Å². The minimum Gasteiger partial charge on any atom is -0.489 e. The Morgan fingerprint density at radius 3 is 2.74 bits per heavy atom. The minimum atomic E-state index is -1.21. The van der Waals surface area contributed by atoms with E-state index in [0.29, 0.717) is 33.7 Å². The lowest BCUT2D eigenvalue weighted by Gasteiger charge is -2.18. The van der Waals surface area contributed by atoms with Crippen molar-refractivity contribution in [2.24, 2.45) is 4.99 Å². The largest absolute Gasteiger partial charge is 0.489 e. The van der Waals surface area contributed by atoms with E-state index in [-0.39, 0.29) is 12.5 Å². The van der Waals surface area contributed by atoms with Crippen LogP contribution in [0.4, 0.5) is 5.69 Å². The van der Waals surface area contributed by atoms with Gasteiger partial charge in [-0.25, -0.2) is 0 Å². The second kappa shape index (κ2) is 10.6. The molecule has 0 bridgehead atoms. The number of hydrogen-bond acceptors (Lipinski definition) is 6. The summed E-state index contributed by atoms with van der Waals surface area (Å²) >= 11 is 7.60. The van der Waals surface area contributed by atoms with Crippen LogP contribution >= 0.6 is 23.4 Å². The van der Waals surface area contributed by atoms with Crippen molar-refractivity contribution in [3.8, 4) is 5.75 Å². The zero-order chi connectivity index (χ0) is 22.4. The van der Waals surface area contributed by atoms with Gasteiger partial charge in [0, 0.05) is 6.54 Å². The Balaban J connectivity index is 1.88. The molecule has 2 aromatic rings. The summed E-state index contributed by atoms with van der Waals surface area (Å²) in [6.07, 6.45) is 1.84. The van der Waals surface area contributed by atoms with Crippen LogP contribution in [0.2, 0.25) is 5.02 Å². The molecule has 0 spiro atoms. The van der Waals surface area contributed by atoms with E-state index in [1.165, 1.54) is 11.8 Å². The average Bonchev–Trinajstić information content (AvgIpc) is 3.06. The summed E-state index contributed by atoms with van der Waals surface area (Å²) in [5.41, 5.74) is 2.53. The second-order valence-corrected chi connectivity index (χ2v) is 8.32. The summed E-state index contributed by atoms with van der Waals surface area (Å²) in [7, 11) is 0. The molecule has 1 fully saturated rings. The van der Waals surface area contributed by atoms with Crippen LogP contribution in [0.15, 0.2) is 52.4 Å². The third-order valence-corrected chi connectivity index (χ3v) is 5.76. The van der Waals surface area contributed by atoms with Crippen LogP contribution in [0, 0.1) is 6.92 Å². The van der Waals surface area contributed by atoms with Gasteiger partial charge in [0.2, 0.25) is 0 Å². The molecule has 0 radical (unpaired) electrons. The standard InChI is InChI=1S/C23H23ClN2O4S/c1-3-10-25-23-26(19-7-5-4-6-15(19)2)22(29)21(31-23)12-16-8-9-20(18(24)11-16)30-14-17(28)13-27/h4-9,11-13,17,28H,3,10,14H2,1-2H3/b21-12+,25-23+/t17-/m1/s1. The molecule has 6 nitrogen and oxygen atoms in total. The van der Waals surface area contributed by atoms with E-state index < -0.39 is 6.10 Å². The van der Waals surface area contributed by atoms with Crippen LogP contribution in [0.1, 0.15) is 24.5 Å². The summed E-state index contributed by atoms with van der Waals surface area (Å²) in [6, 6.07) is 12.8. The van der Waals surface area contributed by atoms with Gasteiger partial charge in [0.25, 0.3) is 5.91 Å². The number of nitrogens with zero attached hydrogens (tertiary/aromatic N) is 2. The molecule has 0 unspecified atom stereocenters. The minimum absolute atomic E-state index is 0.139. The first-order valence-electron chi connectivity index (χ1n) is 9.84. The number of anilines is 1. The molecular formula is C23H23ClN2O4S. The van der Waals surface area contributed by atoms with E-state index in [1.54, 1.807) is 29.2 Å². The fourth-order valence-electron chi connectivity index (χ4n) is 2.90. The van der Waals surface area contributed by atoms with Crippen molar-refractivity contribution in [2.75, 3.05) is 18.1 Å². The predicted molar refractivity (Wildman–Crippen MR) is 126 cm³/mol. The number of amides is 1. The SMILES string of the molecule is CCC/N=C1/S/C(=C/c2ccc(OC[C@H](O)C=O)c(Cl)c2)C(=O)N1c1ccccc1C. The smallest absolute Gasteiger partial charge is 0.271 e. The van der Waals surface area contributed by atoms with E-state index in [9.17, 15) is 14.7 Å². The molecule has 0 aromatic heterocycles. The van der Waals surface area contributed by atoms with Crippen molar-refractivity contribution in [1.29, 1.82) is 0 Å². The molecule has 1 N–H and O–H groups in total. The molecule has 3 rings (SSSR count). The molecule has 31 heavy (non-hydrogen) atoms. The van der Waals surface area contributed by atoms with Gasteiger partial charge in [0.15, 0.2) is 11.5 Å². The zero-order valence-corrected chi connectivity index (χ0v) is 18.8. The fourth-order valence-corrected chi connectivity index (χ4v) is 4.15. The molecule has 1 heterocycles. The van der Waals surface area contributed by atoms with Gasteiger partial charge in [-0.1, -0.05) is 42.8 Å². The number of halogens is 1. The van der Waals surface area contributed by atoms with E-state index in [4.69, 9.17) is 16.3 Å². The van der Waals surface area contributed by atoms with Gasteiger partial charge >= 0.3 is 0 Å². The van der Waals surface area contributed by atoms with Crippen LogP contribution in [0.3, 0.4) is 0 Å². The lowest BCUT2D eigenvalue weighted by atomic mass is 10.1. The van der Waals surface area contributed by atoms with Crippen LogP contribution in [-0.4, -0.2) is 41.7 Å². The van der Waals surface area contributed by atoms with Gasteiger partial charge in [-0.2, -0.15) is 0 Å². The lowest BCUT2D eigenvalue weighted by molar-refractivity contribution is -0.116. The Morgan fingerprint density at radius 1 is 1.29 bits per heavy atom. The van der Waals surface area contributed by atoms with Crippen molar-refractivity contribution < 1.29 is 19.4 Å². The van der Waals surface area contributed by atoms with E-state index in [2.05, 4.69) is 4.99 Å². The van der Waals surface area contributed by atoms with Crippen LogP contribution < -0.4 is 9.64 Å². The van der Waals surface area contributed by atoms with Gasteiger partial charge in [-0.05, 0) is 60.5 Å². The number of thioether (sulfide) groups is 1. The van der Waals surface area contributed by atoms with Crippen molar-refractivity contribution >= 4 is 52.5 Å². The van der Waals surface area contributed by atoms with E-state index in [0.717, 1.165) is 23.2 Å². The summed E-state index contributed by atoms with van der Waals surface area (Å²) < 4.78 is 5.35. The third-order valence-electron chi connectivity index (χ3n) is 4.45. The lowest BCUT2D eigenvalue weighted by Crippen LogP contribution is -2.29. The molecule has 0 saturated carbocycles. The number of aryl methyl sites for hydroxylation is 1. The topological polar surface area (TPSA) is 79.2 Å². The number of rotatable bonds is 8. The molecule has 8 heteroatoms. The molecule has 1 saturated heterocycles. The molecule has 1 aliphatic rings. The van der Waals surface area contributed by atoms with Crippen molar-refractivity contribution in [3.05, 3.63) is 63.5 Å². The Morgan fingerprint density at radius 2 is 2.06 bits per heavy atom. The number of ether oxygens (including phenoxy) is 1. The quantitative estimate of drug-likeness (QED) is 0.466. The highest BCUT2D eigenvalue weighted by atomic mass is 35.5. The molecule has 0 aliphatic carbocycles. The van der Waals surface area contributed by atoms with E-state index >= 15 is 0 Å². The van der Waals surface area contributed by atoms with Crippen LogP contribution in [-0.2, 0) is 9.59 Å². The Kier molecular flexibility index (Phi) is 7.90. The average molecular weight is 459 g/mol. The number of carbonyl (C=O) groups is 2. The van der Waals surface area contributed by atoms with Crippen molar-refractivity contribution in [2.45, 2.75) is 26.4 Å². The maximum atomic E-state index is 13.2. The molecule has 1 aliphatic heterocycles. The van der Waals surface area contributed by atoms with Gasteiger partial charge in [-0.15, -0.1) is 0 Å². The highest BCUT2D eigenvalue weighted by molar-refractivity contribution is 8.19. The van der Waals surface area contributed by atoms with Crippen LogP contribution in [0.25, 0.3) is 6.08 Å². The number of para-hydroxylation sites is 1.